The molecule has 0 aliphatic carbocycles. The molecule has 0 aromatic heterocycles. The lowest BCUT2D eigenvalue weighted by atomic mass is 10.3. The van der Waals surface area contributed by atoms with Gasteiger partial charge in [-0.05, 0) is 7.05 Å². The van der Waals surface area contributed by atoms with Crippen molar-refractivity contribution in [2.24, 2.45) is 0 Å². The van der Waals surface area contributed by atoms with Crippen molar-refractivity contribution in [1.29, 1.82) is 0 Å². The fourth-order valence-corrected chi connectivity index (χ4v) is 1.24. The van der Waals surface area contributed by atoms with E-state index in [1.807, 2.05) is 0 Å². The summed E-state index contributed by atoms with van der Waals surface area (Å²) in [6.07, 6.45) is -1.57. The van der Waals surface area contributed by atoms with Crippen LogP contribution in [-0.4, -0.2) is 59.9 Å². The highest BCUT2D eigenvalue weighted by Gasteiger charge is 2.31. The molecule has 70 valence electrons. The van der Waals surface area contributed by atoms with Gasteiger partial charge >= 0.3 is 0 Å². The topological polar surface area (TPSA) is 72.8 Å². The second kappa shape index (κ2) is 3.84. The van der Waals surface area contributed by atoms with Crippen LogP contribution in [0, 0.1) is 0 Å². The van der Waals surface area contributed by atoms with Crippen molar-refractivity contribution in [1.82, 2.24) is 10.2 Å². The van der Waals surface area contributed by atoms with Crippen LogP contribution in [0.25, 0.3) is 0 Å². The quantitative estimate of drug-likeness (QED) is 0.443. The smallest absolute Gasteiger partial charge is 0.236 e. The van der Waals surface area contributed by atoms with Crippen LogP contribution in [0.1, 0.15) is 0 Å². The molecular formula is C7H14N2O3. The summed E-state index contributed by atoms with van der Waals surface area (Å²) in [7, 11) is 1.68. The highest BCUT2D eigenvalue weighted by atomic mass is 16.3. The van der Waals surface area contributed by atoms with E-state index < -0.39 is 12.2 Å². The number of nitrogens with one attached hydrogen (secondary N) is 1. The minimum absolute atomic E-state index is 0.0897. The van der Waals surface area contributed by atoms with E-state index in [0.29, 0.717) is 0 Å². The molecule has 0 aromatic carbocycles. The van der Waals surface area contributed by atoms with Gasteiger partial charge in [-0.25, -0.2) is 0 Å². The van der Waals surface area contributed by atoms with Gasteiger partial charge in [-0.3, -0.25) is 4.79 Å². The van der Waals surface area contributed by atoms with Gasteiger partial charge in [-0.1, -0.05) is 0 Å². The van der Waals surface area contributed by atoms with Crippen molar-refractivity contribution in [2.45, 2.75) is 12.2 Å². The lowest BCUT2D eigenvalue weighted by Gasteiger charge is -2.14. The first-order valence-corrected chi connectivity index (χ1v) is 3.93. The van der Waals surface area contributed by atoms with Crippen LogP contribution in [0.4, 0.5) is 0 Å². The highest BCUT2D eigenvalue weighted by molar-refractivity contribution is 5.78. The second-order valence-electron chi connectivity index (χ2n) is 2.96. The Morgan fingerprint density at radius 3 is 2.42 bits per heavy atom. The van der Waals surface area contributed by atoms with Crippen LogP contribution in [0.15, 0.2) is 0 Å². The molecule has 3 N–H and O–H groups in total. The first kappa shape index (κ1) is 9.44. The molecular weight excluding hydrogens is 160 g/mol. The largest absolute Gasteiger partial charge is 0.388 e. The van der Waals surface area contributed by atoms with Crippen molar-refractivity contribution in [3.05, 3.63) is 0 Å². The lowest BCUT2D eigenvalue weighted by molar-refractivity contribution is -0.129. The second-order valence-corrected chi connectivity index (χ2v) is 2.96. The van der Waals surface area contributed by atoms with Crippen LogP contribution in [-0.2, 0) is 4.79 Å². The van der Waals surface area contributed by atoms with Crippen molar-refractivity contribution in [3.63, 3.8) is 0 Å². The molecule has 1 amide bonds. The van der Waals surface area contributed by atoms with Gasteiger partial charge in [-0.2, -0.15) is 0 Å². The molecule has 1 heterocycles. The Morgan fingerprint density at radius 2 is 2.00 bits per heavy atom. The molecule has 1 rings (SSSR count). The molecule has 0 saturated carbocycles. The van der Waals surface area contributed by atoms with Gasteiger partial charge in [0.2, 0.25) is 5.91 Å². The average Bonchev–Trinajstić information content (AvgIpc) is 2.33. The summed E-state index contributed by atoms with van der Waals surface area (Å²) in [6.45, 7) is 0.725. The number of hydrogen-bond acceptors (Lipinski definition) is 4. The number of hydrogen-bond donors (Lipinski definition) is 3. The maximum Gasteiger partial charge on any atom is 0.236 e. The van der Waals surface area contributed by atoms with E-state index in [1.165, 1.54) is 4.90 Å². The molecule has 0 aromatic rings. The van der Waals surface area contributed by atoms with Gasteiger partial charge in [0.15, 0.2) is 0 Å². The number of carbonyl (C=O) groups is 1. The number of amides is 1. The summed E-state index contributed by atoms with van der Waals surface area (Å²) in [5.41, 5.74) is 0. The van der Waals surface area contributed by atoms with Crippen LogP contribution >= 0.6 is 0 Å². The molecule has 2 unspecified atom stereocenters. The Bertz CT molecular complexity index is 164. The fraction of sp³-hybridized carbons (Fsp3) is 0.857. The van der Waals surface area contributed by atoms with Gasteiger partial charge in [0, 0.05) is 13.1 Å². The normalized spacial score (nSPS) is 29.4. The molecule has 0 spiro atoms. The molecule has 5 heteroatoms. The lowest BCUT2D eigenvalue weighted by Crippen LogP contribution is -2.36. The van der Waals surface area contributed by atoms with Crippen molar-refractivity contribution in [3.8, 4) is 0 Å². The predicted octanol–water partition coefficient (Wildman–Crippen LogP) is -2.23. The zero-order valence-corrected chi connectivity index (χ0v) is 7.03. The van der Waals surface area contributed by atoms with E-state index in [-0.39, 0.29) is 25.5 Å². The predicted molar refractivity (Wildman–Crippen MR) is 42.5 cm³/mol. The van der Waals surface area contributed by atoms with E-state index in [0.717, 1.165) is 0 Å². The van der Waals surface area contributed by atoms with Crippen LogP contribution in [0.2, 0.25) is 0 Å². The minimum atomic E-state index is -0.786. The number of aliphatic hydroxyl groups is 2. The summed E-state index contributed by atoms with van der Waals surface area (Å²) in [6, 6.07) is 0. The van der Waals surface area contributed by atoms with E-state index in [1.54, 1.807) is 7.05 Å². The zero-order chi connectivity index (χ0) is 9.14. The molecule has 5 nitrogen and oxygen atoms in total. The summed E-state index contributed by atoms with van der Waals surface area (Å²) < 4.78 is 0. The van der Waals surface area contributed by atoms with E-state index in [2.05, 4.69) is 5.32 Å². The minimum Gasteiger partial charge on any atom is -0.388 e. The molecule has 2 atom stereocenters. The molecule has 12 heavy (non-hydrogen) atoms. The van der Waals surface area contributed by atoms with Gasteiger partial charge in [-0.15, -0.1) is 0 Å². The monoisotopic (exact) mass is 174 g/mol. The van der Waals surface area contributed by atoms with Gasteiger partial charge in [0.1, 0.15) is 0 Å². The third kappa shape index (κ3) is 1.94. The van der Waals surface area contributed by atoms with Gasteiger partial charge < -0.3 is 20.4 Å². The standard InChI is InChI=1S/C7H14N2O3/c1-8-2-7(12)9-3-5(10)6(11)4-9/h5-6,8,10-11H,2-4H2,1H3. The number of carbonyl (C=O) groups excluding carboxylic acids is 1. The maximum absolute atomic E-state index is 11.2. The highest BCUT2D eigenvalue weighted by Crippen LogP contribution is 2.09. The van der Waals surface area contributed by atoms with Crippen LogP contribution < -0.4 is 5.32 Å². The molecule has 1 saturated heterocycles. The summed E-state index contributed by atoms with van der Waals surface area (Å²) in [5, 5.41) is 21.0. The number of nitrogens with zero attached hydrogens (tertiary/aromatic N) is 1. The molecule has 1 aliphatic heterocycles. The molecule has 0 bridgehead atoms. The van der Waals surface area contributed by atoms with Crippen LogP contribution in [0.3, 0.4) is 0 Å². The Labute approximate surface area is 71.0 Å². The van der Waals surface area contributed by atoms with Gasteiger partial charge in [0.25, 0.3) is 0 Å². The number of likely N-dealkylation sites (N-methyl/N-ethyl adjacent to an activating group) is 1. The molecule has 1 fully saturated rings. The van der Waals surface area contributed by atoms with Crippen LogP contribution in [0.5, 0.6) is 0 Å². The summed E-state index contributed by atoms with van der Waals surface area (Å²) in [5.74, 6) is -0.0897. The van der Waals surface area contributed by atoms with Crippen molar-refractivity contribution < 1.29 is 15.0 Å². The Balaban J connectivity index is 2.40. The summed E-state index contributed by atoms with van der Waals surface area (Å²) in [4.78, 5) is 12.6. The third-order valence-corrected chi connectivity index (χ3v) is 1.94. The Morgan fingerprint density at radius 1 is 1.50 bits per heavy atom. The Kier molecular flexibility index (Phi) is 3.02. The average molecular weight is 174 g/mol. The SMILES string of the molecule is CNCC(=O)N1CC(O)C(O)C1. The first-order valence-electron chi connectivity index (χ1n) is 3.93. The maximum atomic E-state index is 11.2. The van der Waals surface area contributed by atoms with Gasteiger partial charge in [0.05, 0.1) is 18.8 Å². The number of rotatable bonds is 2. The number of aliphatic hydroxyl groups excluding tert-OH is 2. The Hall–Kier alpha value is -0.650. The third-order valence-electron chi connectivity index (χ3n) is 1.94. The molecule has 0 radical (unpaired) electrons. The van der Waals surface area contributed by atoms with E-state index in [9.17, 15) is 4.79 Å². The van der Waals surface area contributed by atoms with E-state index in [4.69, 9.17) is 10.2 Å². The zero-order valence-electron chi connectivity index (χ0n) is 7.03. The first-order chi connectivity index (χ1) is 5.65. The van der Waals surface area contributed by atoms with Crippen molar-refractivity contribution >= 4 is 5.91 Å². The summed E-state index contributed by atoms with van der Waals surface area (Å²) >= 11 is 0. The molecule has 1 aliphatic rings. The van der Waals surface area contributed by atoms with Crippen molar-refractivity contribution in [2.75, 3.05) is 26.7 Å². The number of likely N-dealkylation sites (tertiary alicyclic amines) is 1. The number of β-amino-alcohol motifs (C(OH)–C–C–N with tert-alkyl or cyclic N) is 2. The fourth-order valence-electron chi connectivity index (χ4n) is 1.24. The van der Waals surface area contributed by atoms with E-state index >= 15 is 0 Å².